The molecule has 0 saturated heterocycles. The van der Waals surface area contributed by atoms with E-state index in [1.54, 1.807) is 34.9 Å². The summed E-state index contributed by atoms with van der Waals surface area (Å²) in [5, 5.41) is 12.4. The second kappa shape index (κ2) is 20.4. The van der Waals surface area contributed by atoms with E-state index in [9.17, 15) is 24.3 Å². The van der Waals surface area contributed by atoms with Crippen molar-refractivity contribution >= 4 is 68.9 Å². The van der Waals surface area contributed by atoms with Crippen LogP contribution in [0, 0.1) is 0 Å². The lowest BCUT2D eigenvalue weighted by Gasteiger charge is -2.20. The molecule has 2 heterocycles. The van der Waals surface area contributed by atoms with Crippen LogP contribution in [-0.4, -0.2) is 57.9 Å². The average molecular weight is 924 g/mol. The summed E-state index contributed by atoms with van der Waals surface area (Å²) in [6, 6.07) is 45.6. The molecule has 2 aromatic heterocycles. The molecule has 1 N–H and O–H groups in total. The number of nitrogens with zero attached hydrogens (tertiary/aromatic N) is 2. The lowest BCUT2D eigenvalue weighted by Crippen LogP contribution is -2.25. The van der Waals surface area contributed by atoms with Gasteiger partial charge in [-0.3, -0.25) is 0 Å². The van der Waals surface area contributed by atoms with E-state index in [1.165, 1.54) is 14.2 Å². The Morgan fingerprint density at radius 2 is 0.939 bits per heavy atom. The SMILES string of the molecule is COC(=O)c1cc(Cl)ccc1Cc1ccc2c(c1)cc(C(=O)O)n2Cc1ccccc1.COC(=O)c1cc(Cl)ccc1Cc1ccc2c(c1)cc(C(=O)OC(C)(C)C)n2Cc1ccccc1. The molecular formula is C54H48Cl2N2O8. The number of ether oxygens (including phenoxy) is 3. The first kappa shape index (κ1) is 46.8. The van der Waals surface area contributed by atoms with Crippen LogP contribution < -0.4 is 0 Å². The minimum atomic E-state index is -0.973. The Morgan fingerprint density at radius 1 is 0.515 bits per heavy atom. The second-order valence-corrected chi connectivity index (χ2v) is 17.6. The Bertz CT molecular complexity index is 3080. The number of carbonyl (C=O) groups excluding carboxylic acids is 3. The number of rotatable bonds is 12. The highest BCUT2D eigenvalue weighted by molar-refractivity contribution is 6.31. The van der Waals surface area contributed by atoms with E-state index in [1.807, 2.05) is 141 Å². The summed E-state index contributed by atoms with van der Waals surface area (Å²) >= 11 is 12.2. The van der Waals surface area contributed by atoms with Gasteiger partial charge < -0.3 is 28.5 Å². The molecule has 10 nitrogen and oxygen atoms in total. The summed E-state index contributed by atoms with van der Waals surface area (Å²) in [5.41, 5.74) is 8.43. The number of fused-ring (bicyclic) bond motifs is 2. The number of aromatic carboxylic acids is 1. The van der Waals surface area contributed by atoms with Gasteiger partial charge in [0.05, 0.1) is 25.3 Å². The zero-order valence-electron chi connectivity index (χ0n) is 37.1. The van der Waals surface area contributed by atoms with Crippen molar-refractivity contribution in [1.29, 1.82) is 0 Å². The quantitative estimate of drug-likeness (QED) is 0.0948. The van der Waals surface area contributed by atoms with Crippen LogP contribution in [0.2, 0.25) is 10.0 Å². The number of hydrogen-bond donors (Lipinski definition) is 1. The molecule has 0 bridgehead atoms. The van der Waals surface area contributed by atoms with Crippen LogP contribution in [0.3, 0.4) is 0 Å². The first-order valence-corrected chi connectivity index (χ1v) is 21.9. The maximum Gasteiger partial charge on any atom is 0.355 e. The number of benzene rings is 6. The third-order valence-electron chi connectivity index (χ3n) is 10.9. The molecule has 0 unspecified atom stereocenters. The highest BCUT2D eigenvalue weighted by Crippen LogP contribution is 2.29. The van der Waals surface area contributed by atoms with Gasteiger partial charge in [0.15, 0.2) is 0 Å². The molecule has 66 heavy (non-hydrogen) atoms. The highest BCUT2D eigenvalue weighted by atomic mass is 35.5. The predicted octanol–water partition coefficient (Wildman–Crippen LogP) is 12.1. The van der Waals surface area contributed by atoms with Crippen molar-refractivity contribution in [1.82, 2.24) is 9.13 Å². The smallest absolute Gasteiger partial charge is 0.355 e. The van der Waals surface area contributed by atoms with Crippen LogP contribution in [0.25, 0.3) is 21.8 Å². The van der Waals surface area contributed by atoms with Gasteiger partial charge in [0, 0.05) is 44.9 Å². The Morgan fingerprint density at radius 3 is 1.35 bits per heavy atom. The van der Waals surface area contributed by atoms with Crippen LogP contribution in [-0.2, 0) is 40.1 Å². The molecule has 0 aliphatic heterocycles. The van der Waals surface area contributed by atoms with Crippen LogP contribution in [0.15, 0.2) is 146 Å². The molecule has 8 aromatic rings. The topological polar surface area (TPSA) is 126 Å². The highest BCUT2D eigenvalue weighted by Gasteiger charge is 2.24. The largest absolute Gasteiger partial charge is 0.477 e. The molecule has 0 radical (unpaired) electrons. The number of hydrogen-bond acceptors (Lipinski definition) is 7. The summed E-state index contributed by atoms with van der Waals surface area (Å²) in [7, 11) is 2.69. The van der Waals surface area contributed by atoms with Crippen molar-refractivity contribution < 1.29 is 38.5 Å². The zero-order chi connectivity index (χ0) is 47.1. The minimum absolute atomic E-state index is 0.234. The molecule has 0 saturated carbocycles. The fourth-order valence-corrected chi connectivity index (χ4v) is 8.20. The molecule has 0 fully saturated rings. The zero-order valence-corrected chi connectivity index (χ0v) is 38.7. The van der Waals surface area contributed by atoms with Crippen LogP contribution in [0.4, 0.5) is 0 Å². The Hall–Kier alpha value is -7.14. The third-order valence-corrected chi connectivity index (χ3v) is 11.3. The Labute approximate surface area is 392 Å². The summed E-state index contributed by atoms with van der Waals surface area (Å²) in [5.74, 6) is -2.21. The van der Waals surface area contributed by atoms with Crippen molar-refractivity contribution in [2.24, 2.45) is 0 Å². The summed E-state index contributed by atoms with van der Waals surface area (Å²) < 4.78 is 19.3. The van der Waals surface area contributed by atoms with Gasteiger partial charge in [-0.1, -0.05) is 108 Å². The minimum Gasteiger partial charge on any atom is -0.477 e. The summed E-state index contributed by atoms with van der Waals surface area (Å²) in [6.45, 7) is 6.59. The van der Waals surface area contributed by atoms with Gasteiger partial charge in [-0.25, -0.2) is 19.2 Å². The first-order chi connectivity index (χ1) is 31.6. The van der Waals surface area contributed by atoms with Crippen molar-refractivity contribution in [3.63, 3.8) is 0 Å². The number of carboxylic acids is 1. The summed E-state index contributed by atoms with van der Waals surface area (Å²) in [4.78, 5) is 49.4. The van der Waals surface area contributed by atoms with E-state index < -0.39 is 23.5 Å². The van der Waals surface area contributed by atoms with E-state index in [0.717, 1.165) is 55.2 Å². The molecule has 0 atom stereocenters. The third kappa shape index (κ3) is 11.2. The van der Waals surface area contributed by atoms with Crippen LogP contribution >= 0.6 is 23.2 Å². The van der Waals surface area contributed by atoms with E-state index in [2.05, 4.69) is 0 Å². The molecule has 336 valence electrons. The Balaban J connectivity index is 0.000000198. The van der Waals surface area contributed by atoms with Gasteiger partial charge in [-0.15, -0.1) is 0 Å². The van der Waals surface area contributed by atoms with Gasteiger partial charge in [0.25, 0.3) is 0 Å². The van der Waals surface area contributed by atoms with E-state index in [4.69, 9.17) is 37.4 Å². The summed E-state index contributed by atoms with van der Waals surface area (Å²) in [6.07, 6.45) is 1.01. The monoisotopic (exact) mass is 922 g/mol. The van der Waals surface area contributed by atoms with Gasteiger partial charge >= 0.3 is 23.9 Å². The normalized spacial score (nSPS) is 11.2. The standard InChI is InChI=1S/C29H28ClNO4.C25H20ClNO4/c1-29(2,3)35-28(33)26-16-22-15-20(14-21-11-12-23(30)17-24(21)27(32)34-4)10-13-25(22)31(26)18-19-8-6-5-7-9-19;1-31-25(30)21-14-20(26)9-8-18(21)11-17-7-10-22-19(12-17)13-23(24(28)29)27(22)15-16-5-3-2-4-6-16/h5-13,15-17H,14,18H2,1-4H3;2-10,12-14H,11,15H2,1H3,(H,28,29). The Kier molecular flexibility index (Phi) is 14.4. The van der Waals surface area contributed by atoms with Crippen molar-refractivity contribution in [2.45, 2.75) is 52.3 Å². The van der Waals surface area contributed by atoms with Crippen molar-refractivity contribution in [3.05, 3.63) is 212 Å². The van der Waals surface area contributed by atoms with Gasteiger partial charge in [-0.2, -0.15) is 0 Å². The number of carboxylic acid groups (broad SMARTS) is 1. The number of aromatic nitrogens is 2. The molecule has 0 aliphatic carbocycles. The maximum atomic E-state index is 13.1. The fraction of sp³-hybridized carbons (Fsp3) is 0.185. The van der Waals surface area contributed by atoms with Gasteiger partial charge in [-0.05, 0) is 128 Å². The molecule has 8 rings (SSSR count). The second-order valence-electron chi connectivity index (χ2n) is 16.7. The van der Waals surface area contributed by atoms with Crippen LogP contribution in [0.1, 0.15) is 95.8 Å². The molecule has 0 spiro atoms. The number of methoxy groups -OCH3 is 2. The van der Waals surface area contributed by atoms with Gasteiger partial charge in [0.1, 0.15) is 17.0 Å². The fourth-order valence-electron chi connectivity index (χ4n) is 7.86. The lowest BCUT2D eigenvalue weighted by atomic mass is 9.99. The van der Waals surface area contributed by atoms with Crippen LogP contribution in [0.5, 0.6) is 0 Å². The van der Waals surface area contributed by atoms with Crippen molar-refractivity contribution in [2.75, 3.05) is 14.2 Å². The van der Waals surface area contributed by atoms with Crippen molar-refractivity contribution in [3.8, 4) is 0 Å². The molecule has 6 aromatic carbocycles. The predicted molar refractivity (Wildman–Crippen MR) is 258 cm³/mol. The maximum absolute atomic E-state index is 13.1. The van der Waals surface area contributed by atoms with E-state index in [-0.39, 0.29) is 11.7 Å². The average Bonchev–Trinajstić information content (AvgIpc) is 3.84. The number of esters is 3. The number of halogens is 2. The molecule has 0 amide bonds. The molecule has 12 heteroatoms. The molecule has 0 aliphatic rings. The van der Waals surface area contributed by atoms with E-state index in [0.29, 0.717) is 52.8 Å². The number of carbonyl (C=O) groups is 4. The van der Waals surface area contributed by atoms with E-state index >= 15 is 0 Å². The molecular weight excluding hydrogens is 876 g/mol. The lowest BCUT2D eigenvalue weighted by molar-refractivity contribution is 0.00580. The van der Waals surface area contributed by atoms with Gasteiger partial charge in [0.2, 0.25) is 0 Å². The first-order valence-electron chi connectivity index (χ1n) is 21.1.